The molecule has 1 aliphatic rings. The topological polar surface area (TPSA) is 26.0 Å². The fourth-order valence-electron chi connectivity index (χ4n) is 3.07. The lowest BCUT2D eigenvalue weighted by Gasteiger charge is -2.29. The number of nitrogens with two attached hydrogens (primary N) is 1. The van der Waals surface area contributed by atoms with E-state index in [9.17, 15) is 0 Å². The molecule has 0 radical (unpaired) electrons. The molecule has 0 bridgehead atoms. The first-order valence-corrected chi connectivity index (χ1v) is 5.90. The molecule has 2 aromatic carbocycles. The SMILES string of the molecule is C[C@@H]1c2cccc3cccc(c23)[C@]1(C)CN. The molecule has 2 aromatic rings. The Morgan fingerprint density at radius 3 is 2.56 bits per heavy atom. The maximum absolute atomic E-state index is 6.01. The van der Waals surface area contributed by atoms with Crippen molar-refractivity contribution < 1.29 is 0 Å². The van der Waals surface area contributed by atoms with Crippen LogP contribution >= 0.6 is 0 Å². The van der Waals surface area contributed by atoms with E-state index in [1.807, 2.05) is 0 Å². The average Bonchev–Trinajstić information content (AvgIpc) is 2.55. The summed E-state index contributed by atoms with van der Waals surface area (Å²) in [6, 6.07) is 13.2. The average molecular weight is 211 g/mol. The van der Waals surface area contributed by atoms with Crippen molar-refractivity contribution in [1.29, 1.82) is 0 Å². The smallest absolute Gasteiger partial charge is 0.0120 e. The highest BCUT2D eigenvalue weighted by atomic mass is 14.6. The van der Waals surface area contributed by atoms with Crippen molar-refractivity contribution in [2.75, 3.05) is 6.54 Å². The third kappa shape index (κ3) is 0.992. The molecule has 2 atom stereocenters. The first kappa shape index (κ1) is 9.86. The van der Waals surface area contributed by atoms with Gasteiger partial charge in [0.05, 0.1) is 0 Å². The van der Waals surface area contributed by atoms with Gasteiger partial charge in [-0.15, -0.1) is 0 Å². The van der Waals surface area contributed by atoms with Gasteiger partial charge in [-0.05, 0) is 27.8 Å². The highest BCUT2D eigenvalue weighted by molar-refractivity contribution is 5.93. The van der Waals surface area contributed by atoms with Crippen molar-refractivity contribution in [2.45, 2.75) is 25.2 Å². The summed E-state index contributed by atoms with van der Waals surface area (Å²) in [5.74, 6) is 0.513. The molecule has 82 valence electrons. The molecule has 2 N–H and O–H groups in total. The fraction of sp³-hybridized carbons (Fsp3) is 0.333. The van der Waals surface area contributed by atoms with E-state index in [1.54, 1.807) is 0 Å². The van der Waals surface area contributed by atoms with Crippen molar-refractivity contribution >= 4 is 10.8 Å². The third-order valence-corrected chi connectivity index (χ3v) is 4.40. The van der Waals surface area contributed by atoms with Crippen LogP contribution in [0.1, 0.15) is 30.9 Å². The number of rotatable bonds is 1. The molecule has 16 heavy (non-hydrogen) atoms. The number of hydrogen-bond donors (Lipinski definition) is 1. The van der Waals surface area contributed by atoms with Crippen molar-refractivity contribution in [3.8, 4) is 0 Å². The summed E-state index contributed by atoms with van der Waals surface area (Å²) in [5, 5.41) is 2.78. The molecule has 1 nitrogen and oxygen atoms in total. The summed E-state index contributed by atoms with van der Waals surface area (Å²) >= 11 is 0. The molecule has 0 unspecified atom stereocenters. The normalized spacial score (nSPS) is 27.6. The van der Waals surface area contributed by atoms with Crippen molar-refractivity contribution in [1.82, 2.24) is 0 Å². The van der Waals surface area contributed by atoms with E-state index >= 15 is 0 Å². The van der Waals surface area contributed by atoms with Crippen LogP contribution < -0.4 is 5.73 Å². The zero-order valence-corrected chi connectivity index (χ0v) is 9.83. The van der Waals surface area contributed by atoms with Gasteiger partial charge in [0.25, 0.3) is 0 Å². The van der Waals surface area contributed by atoms with Gasteiger partial charge < -0.3 is 5.73 Å². The molecule has 1 heteroatoms. The molecule has 0 heterocycles. The van der Waals surface area contributed by atoms with Crippen LogP contribution in [0.25, 0.3) is 10.8 Å². The first-order chi connectivity index (χ1) is 7.68. The summed E-state index contributed by atoms with van der Waals surface area (Å²) < 4.78 is 0. The molecular weight excluding hydrogens is 194 g/mol. The maximum atomic E-state index is 6.01. The van der Waals surface area contributed by atoms with Crippen LogP contribution in [0.2, 0.25) is 0 Å². The van der Waals surface area contributed by atoms with Gasteiger partial charge in [0.2, 0.25) is 0 Å². The summed E-state index contributed by atoms with van der Waals surface area (Å²) in [6.45, 7) is 5.29. The highest BCUT2D eigenvalue weighted by Crippen LogP contribution is 2.49. The zero-order valence-electron chi connectivity index (χ0n) is 9.83. The molecule has 0 aromatic heterocycles. The quantitative estimate of drug-likeness (QED) is 0.770. The lowest BCUT2D eigenvalue weighted by molar-refractivity contribution is 0.426. The van der Waals surface area contributed by atoms with E-state index in [1.165, 1.54) is 21.9 Å². The van der Waals surface area contributed by atoms with E-state index in [2.05, 4.69) is 50.2 Å². The van der Waals surface area contributed by atoms with Crippen LogP contribution in [0.3, 0.4) is 0 Å². The predicted octanol–water partition coefficient (Wildman–Crippen LogP) is 3.17. The van der Waals surface area contributed by atoms with Gasteiger partial charge in [0.15, 0.2) is 0 Å². The van der Waals surface area contributed by atoms with Crippen molar-refractivity contribution in [2.24, 2.45) is 5.73 Å². The maximum Gasteiger partial charge on any atom is 0.0120 e. The Labute approximate surface area is 96.3 Å². The van der Waals surface area contributed by atoms with Gasteiger partial charge in [0, 0.05) is 12.0 Å². The van der Waals surface area contributed by atoms with E-state index in [0.717, 1.165) is 0 Å². The summed E-state index contributed by atoms with van der Waals surface area (Å²) in [7, 11) is 0. The molecule has 0 amide bonds. The van der Waals surface area contributed by atoms with Crippen LogP contribution in [0.5, 0.6) is 0 Å². The Balaban J connectivity index is 2.44. The van der Waals surface area contributed by atoms with E-state index in [-0.39, 0.29) is 5.41 Å². The second-order valence-corrected chi connectivity index (χ2v) is 5.09. The fourth-order valence-corrected chi connectivity index (χ4v) is 3.07. The molecule has 0 spiro atoms. The van der Waals surface area contributed by atoms with Crippen LogP contribution in [-0.4, -0.2) is 6.54 Å². The minimum Gasteiger partial charge on any atom is -0.330 e. The van der Waals surface area contributed by atoms with Gasteiger partial charge in [-0.3, -0.25) is 0 Å². The zero-order chi connectivity index (χ0) is 11.3. The summed E-state index contributed by atoms with van der Waals surface area (Å²) in [5.41, 5.74) is 9.00. The molecule has 0 saturated heterocycles. The molecule has 0 aliphatic heterocycles. The number of benzene rings is 2. The lowest BCUT2D eigenvalue weighted by atomic mass is 9.76. The van der Waals surface area contributed by atoms with Gasteiger partial charge in [0.1, 0.15) is 0 Å². The predicted molar refractivity (Wildman–Crippen MR) is 68.8 cm³/mol. The molecular formula is C15H17N. The van der Waals surface area contributed by atoms with Crippen LogP contribution in [0, 0.1) is 0 Å². The number of hydrogen-bond acceptors (Lipinski definition) is 1. The Hall–Kier alpha value is -1.34. The molecule has 1 aliphatic carbocycles. The monoisotopic (exact) mass is 211 g/mol. The van der Waals surface area contributed by atoms with E-state index in [0.29, 0.717) is 12.5 Å². The Bertz CT molecular complexity index is 553. The second-order valence-electron chi connectivity index (χ2n) is 5.09. The highest BCUT2D eigenvalue weighted by Gasteiger charge is 2.40. The van der Waals surface area contributed by atoms with E-state index in [4.69, 9.17) is 5.73 Å². The Kier molecular flexibility index (Phi) is 1.90. The van der Waals surface area contributed by atoms with Gasteiger partial charge >= 0.3 is 0 Å². The molecule has 0 fully saturated rings. The van der Waals surface area contributed by atoms with Crippen LogP contribution in [0.4, 0.5) is 0 Å². The Morgan fingerprint density at radius 2 is 1.88 bits per heavy atom. The first-order valence-electron chi connectivity index (χ1n) is 5.90. The van der Waals surface area contributed by atoms with Crippen molar-refractivity contribution in [3.63, 3.8) is 0 Å². The molecule has 3 rings (SSSR count). The third-order valence-electron chi connectivity index (χ3n) is 4.40. The standard InChI is InChI=1S/C15H17N/c1-10-12-7-3-5-11-6-4-8-13(14(11)12)15(10,2)9-16/h3-8,10H,9,16H2,1-2H3/t10-,15-/m1/s1. The minimum absolute atomic E-state index is 0.100. The van der Waals surface area contributed by atoms with Gasteiger partial charge in [-0.25, -0.2) is 0 Å². The van der Waals surface area contributed by atoms with Crippen molar-refractivity contribution in [3.05, 3.63) is 47.5 Å². The minimum atomic E-state index is 0.100. The van der Waals surface area contributed by atoms with E-state index < -0.39 is 0 Å². The largest absolute Gasteiger partial charge is 0.330 e. The second kappa shape index (κ2) is 3.08. The Morgan fingerprint density at radius 1 is 1.19 bits per heavy atom. The van der Waals surface area contributed by atoms with Crippen LogP contribution in [0.15, 0.2) is 36.4 Å². The van der Waals surface area contributed by atoms with Crippen LogP contribution in [-0.2, 0) is 5.41 Å². The summed E-state index contributed by atoms with van der Waals surface area (Å²) in [4.78, 5) is 0. The van der Waals surface area contributed by atoms with Gasteiger partial charge in [-0.2, -0.15) is 0 Å². The van der Waals surface area contributed by atoms with Gasteiger partial charge in [-0.1, -0.05) is 50.2 Å². The lowest BCUT2D eigenvalue weighted by Crippen LogP contribution is -2.33. The summed E-state index contributed by atoms with van der Waals surface area (Å²) in [6.07, 6.45) is 0. The molecule has 0 saturated carbocycles.